The molecule has 134 valence electrons. The van der Waals surface area contributed by atoms with Gasteiger partial charge in [-0.15, -0.1) is 0 Å². The number of carbonyl (C=O) groups is 1. The van der Waals surface area contributed by atoms with Crippen LogP contribution in [0.25, 0.3) is 0 Å². The first kappa shape index (κ1) is 19.6. The number of nitrogens with one attached hydrogen (secondary N) is 1. The van der Waals surface area contributed by atoms with Gasteiger partial charge >= 0.3 is 0 Å². The monoisotopic (exact) mass is 400 g/mol. The second-order valence-electron chi connectivity index (χ2n) is 5.71. The van der Waals surface area contributed by atoms with E-state index >= 15 is 0 Å². The highest BCUT2D eigenvalue weighted by Gasteiger charge is 2.22. The van der Waals surface area contributed by atoms with E-state index in [9.17, 15) is 13.2 Å². The topological polar surface area (TPSA) is 66.5 Å². The van der Waals surface area contributed by atoms with Crippen LogP contribution in [0.3, 0.4) is 0 Å². The molecule has 0 heterocycles. The summed E-state index contributed by atoms with van der Waals surface area (Å²) in [6.45, 7) is 3.23. The summed E-state index contributed by atoms with van der Waals surface area (Å²) in [6, 6.07) is 9.98. The van der Waals surface area contributed by atoms with E-state index in [4.69, 9.17) is 23.2 Å². The van der Waals surface area contributed by atoms with Crippen LogP contribution in [0.15, 0.2) is 36.4 Å². The number of benzene rings is 2. The highest BCUT2D eigenvalue weighted by Crippen LogP contribution is 2.26. The van der Waals surface area contributed by atoms with E-state index in [0.29, 0.717) is 27.0 Å². The molecule has 25 heavy (non-hydrogen) atoms. The molecular weight excluding hydrogens is 383 g/mol. The van der Waals surface area contributed by atoms with E-state index in [1.54, 1.807) is 37.3 Å². The van der Waals surface area contributed by atoms with Crippen LogP contribution in [0.4, 0.5) is 11.4 Å². The zero-order valence-electron chi connectivity index (χ0n) is 14.0. The molecule has 0 radical (unpaired) electrons. The molecular formula is C17H18Cl2N2O3S. The predicted octanol–water partition coefficient (Wildman–Crippen LogP) is 4.01. The van der Waals surface area contributed by atoms with Gasteiger partial charge in [-0.1, -0.05) is 35.3 Å². The van der Waals surface area contributed by atoms with E-state index in [0.717, 1.165) is 16.1 Å². The molecule has 1 N–H and O–H groups in total. The van der Waals surface area contributed by atoms with Crippen molar-refractivity contribution < 1.29 is 13.2 Å². The van der Waals surface area contributed by atoms with Crippen molar-refractivity contribution in [1.29, 1.82) is 0 Å². The average Bonchev–Trinajstić information content (AvgIpc) is 2.50. The lowest BCUT2D eigenvalue weighted by Gasteiger charge is -2.24. The highest BCUT2D eigenvalue weighted by atomic mass is 35.5. The van der Waals surface area contributed by atoms with E-state index in [1.165, 1.54) is 6.07 Å². The predicted molar refractivity (Wildman–Crippen MR) is 103 cm³/mol. The third-order valence-electron chi connectivity index (χ3n) is 3.58. The van der Waals surface area contributed by atoms with Crippen molar-refractivity contribution in [2.45, 2.75) is 13.8 Å². The van der Waals surface area contributed by atoms with Crippen LogP contribution in [0, 0.1) is 13.8 Å². The van der Waals surface area contributed by atoms with E-state index in [2.05, 4.69) is 5.32 Å². The minimum absolute atomic E-state index is 0.368. The molecule has 0 aliphatic carbocycles. The van der Waals surface area contributed by atoms with Gasteiger partial charge in [-0.2, -0.15) is 0 Å². The number of anilines is 2. The summed E-state index contributed by atoms with van der Waals surface area (Å²) in [6.07, 6.45) is 1.05. The maximum atomic E-state index is 12.3. The van der Waals surface area contributed by atoms with Gasteiger partial charge in [0.25, 0.3) is 0 Å². The first-order valence-electron chi connectivity index (χ1n) is 7.38. The lowest BCUT2D eigenvalue weighted by Crippen LogP contribution is -2.37. The third-order valence-corrected chi connectivity index (χ3v) is 5.35. The number of sulfonamides is 1. The minimum Gasteiger partial charge on any atom is -0.324 e. The van der Waals surface area contributed by atoms with Crippen LogP contribution in [0.1, 0.15) is 11.1 Å². The second kappa shape index (κ2) is 7.64. The second-order valence-corrected chi connectivity index (χ2v) is 8.46. The molecule has 0 aromatic heterocycles. The standard InChI is InChI=1S/C17H18Cl2N2O3S/c1-11-5-7-14(9-15(11)19)20-17(22)10-21(25(3,23)24)16-8-13(18)6-4-12(16)2/h4-9H,10H2,1-3H3,(H,20,22). The van der Waals surface area contributed by atoms with Crippen LogP contribution in [0.5, 0.6) is 0 Å². The van der Waals surface area contributed by atoms with Crippen LogP contribution < -0.4 is 9.62 Å². The molecule has 2 aromatic carbocycles. The highest BCUT2D eigenvalue weighted by molar-refractivity contribution is 7.92. The number of carbonyl (C=O) groups excluding carboxylic acids is 1. The lowest BCUT2D eigenvalue weighted by atomic mass is 10.2. The lowest BCUT2D eigenvalue weighted by molar-refractivity contribution is -0.114. The summed E-state index contributed by atoms with van der Waals surface area (Å²) in [5.41, 5.74) is 2.44. The zero-order chi connectivity index (χ0) is 18.8. The molecule has 2 aromatic rings. The average molecular weight is 401 g/mol. The Kier molecular flexibility index (Phi) is 5.98. The Morgan fingerprint density at radius 1 is 1.08 bits per heavy atom. The number of halogens is 2. The number of nitrogens with zero attached hydrogens (tertiary/aromatic N) is 1. The van der Waals surface area contributed by atoms with Gasteiger partial charge in [0, 0.05) is 15.7 Å². The van der Waals surface area contributed by atoms with Gasteiger partial charge in [0.05, 0.1) is 11.9 Å². The van der Waals surface area contributed by atoms with Crippen molar-refractivity contribution in [2.24, 2.45) is 0 Å². The van der Waals surface area contributed by atoms with Gasteiger partial charge < -0.3 is 5.32 Å². The minimum atomic E-state index is -3.67. The Hall–Kier alpha value is -1.76. The first-order chi connectivity index (χ1) is 11.6. The van der Waals surface area contributed by atoms with Gasteiger partial charge in [0.15, 0.2) is 0 Å². The molecule has 0 fully saturated rings. The van der Waals surface area contributed by atoms with Crippen molar-refractivity contribution in [3.8, 4) is 0 Å². The maximum absolute atomic E-state index is 12.3. The molecule has 0 saturated heterocycles. The number of amides is 1. The summed E-state index contributed by atoms with van der Waals surface area (Å²) in [7, 11) is -3.67. The fraction of sp³-hybridized carbons (Fsp3) is 0.235. The third kappa shape index (κ3) is 5.11. The largest absolute Gasteiger partial charge is 0.324 e. The normalized spacial score (nSPS) is 11.2. The Balaban J connectivity index is 2.27. The van der Waals surface area contributed by atoms with Gasteiger partial charge in [-0.3, -0.25) is 9.10 Å². The van der Waals surface area contributed by atoms with E-state index in [1.807, 2.05) is 6.92 Å². The van der Waals surface area contributed by atoms with Crippen LogP contribution in [-0.4, -0.2) is 27.1 Å². The van der Waals surface area contributed by atoms with Crippen molar-refractivity contribution >= 4 is 50.5 Å². The Morgan fingerprint density at radius 3 is 2.32 bits per heavy atom. The van der Waals surface area contributed by atoms with E-state index in [-0.39, 0.29) is 6.54 Å². The number of aryl methyl sites for hydroxylation is 2. The molecule has 0 unspecified atom stereocenters. The molecule has 5 nitrogen and oxygen atoms in total. The molecule has 8 heteroatoms. The molecule has 2 rings (SSSR count). The van der Waals surface area contributed by atoms with Crippen LogP contribution in [0.2, 0.25) is 10.0 Å². The van der Waals surface area contributed by atoms with Gasteiger partial charge in [-0.25, -0.2) is 8.42 Å². The molecule has 0 aliphatic heterocycles. The Morgan fingerprint density at radius 2 is 1.72 bits per heavy atom. The molecule has 0 saturated carbocycles. The Bertz CT molecular complexity index is 914. The molecule has 0 spiro atoms. The van der Waals surface area contributed by atoms with Crippen molar-refractivity contribution in [3.05, 3.63) is 57.6 Å². The first-order valence-corrected chi connectivity index (χ1v) is 9.98. The fourth-order valence-electron chi connectivity index (χ4n) is 2.23. The smallest absolute Gasteiger partial charge is 0.245 e. The maximum Gasteiger partial charge on any atom is 0.245 e. The van der Waals surface area contributed by atoms with Crippen molar-refractivity contribution in [1.82, 2.24) is 0 Å². The fourth-order valence-corrected chi connectivity index (χ4v) is 3.49. The summed E-state index contributed by atoms with van der Waals surface area (Å²) in [5, 5.41) is 3.56. The quantitative estimate of drug-likeness (QED) is 0.823. The molecule has 0 atom stereocenters. The summed E-state index contributed by atoms with van der Waals surface area (Å²) >= 11 is 12.0. The SMILES string of the molecule is Cc1ccc(NC(=O)CN(c2cc(Cl)ccc2C)S(C)(=O)=O)cc1Cl. The summed E-state index contributed by atoms with van der Waals surface area (Å²) in [5.74, 6) is -0.482. The van der Waals surface area contributed by atoms with Crippen molar-refractivity contribution in [3.63, 3.8) is 0 Å². The molecule has 1 amide bonds. The summed E-state index contributed by atoms with van der Waals surface area (Å²) < 4.78 is 25.4. The van der Waals surface area contributed by atoms with Gasteiger partial charge in [-0.05, 0) is 49.2 Å². The zero-order valence-corrected chi connectivity index (χ0v) is 16.3. The number of hydrogen-bond acceptors (Lipinski definition) is 3. The van der Waals surface area contributed by atoms with Crippen LogP contribution in [-0.2, 0) is 14.8 Å². The van der Waals surface area contributed by atoms with Crippen LogP contribution >= 0.6 is 23.2 Å². The Labute approximate surface area is 157 Å². The van der Waals surface area contributed by atoms with Gasteiger partial charge in [0.2, 0.25) is 15.9 Å². The number of hydrogen-bond donors (Lipinski definition) is 1. The van der Waals surface area contributed by atoms with Crippen molar-refractivity contribution in [2.75, 3.05) is 22.4 Å². The summed E-state index contributed by atoms with van der Waals surface area (Å²) in [4.78, 5) is 12.3. The van der Waals surface area contributed by atoms with E-state index < -0.39 is 15.9 Å². The van der Waals surface area contributed by atoms with Gasteiger partial charge in [0.1, 0.15) is 6.54 Å². The number of rotatable bonds is 5. The molecule has 0 aliphatic rings. The molecule has 0 bridgehead atoms.